The summed E-state index contributed by atoms with van der Waals surface area (Å²) in [4.78, 5) is 36.3. The molecule has 0 radical (unpaired) electrons. The van der Waals surface area contributed by atoms with Crippen molar-refractivity contribution in [2.75, 3.05) is 24.6 Å². The Labute approximate surface area is 195 Å². The van der Waals surface area contributed by atoms with Crippen LogP contribution in [0.1, 0.15) is 58.1 Å². The van der Waals surface area contributed by atoms with Crippen LogP contribution in [-0.2, 0) is 9.53 Å². The summed E-state index contributed by atoms with van der Waals surface area (Å²) in [6.45, 7) is 8.29. The molecular weight excluding hydrogens is 418 g/mol. The number of hydrogen-bond acceptors (Lipinski definition) is 6. The second-order valence-electron chi connectivity index (χ2n) is 9.71. The Balaban J connectivity index is 1.37. The lowest BCUT2D eigenvalue weighted by atomic mass is 9.94. The number of unbranched alkanes of at least 4 members (excludes halogenated alkanes) is 1. The fourth-order valence-corrected chi connectivity index (χ4v) is 4.74. The van der Waals surface area contributed by atoms with Gasteiger partial charge in [0.15, 0.2) is 0 Å². The van der Waals surface area contributed by atoms with Crippen molar-refractivity contribution in [3.05, 3.63) is 30.2 Å². The molecule has 3 heterocycles. The van der Waals surface area contributed by atoms with E-state index >= 15 is 0 Å². The number of pyridine rings is 2. The molecule has 4 rings (SSSR count). The van der Waals surface area contributed by atoms with Crippen LogP contribution in [0, 0.1) is 12.8 Å². The Kier molecular flexibility index (Phi) is 7.00. The Bertz CT molecular complexity index is 1010. The second-order valence-corrected chi connectivity index (χ2v) is 9.71. The molecule has 2 atom stereocenters. The molecule has 8 nitrogen and oxygen atoms in total. The summed E-state index contributed by atoms with van der Waals surface area (Å²) in [7, 11) is 0. The summed E-state index contributed by atoms with van der Waals surface area (Å²) in [5, 5.41) is 7.23. The van der Waals surface area contributed by atoms with Gasteiger partial charge < -0.3 is 20.3 Å². The predicted octanol–water partition coefficient (Wildman–Crippen LogP) is 3.72. The average molecular weight is 454 g/mol. The van der Waals surface area contributed by atoms with Crippen molar-refractivity contribution in [2.45, 2.75) is 70.9 Å². The van der Waals surface area contributed by atoms with E-state index in [1.807, 2.05) is 19.2 Å². The SMILES string of the molecule is CCCCOC(=O)NC1(CC(=O)N[C@@H]2C[C@H](C)CN(c3cnc(C)c4ncccc34)C2)CC1. The second kappa shape index (κ2) is 9.93. The Morgan fingerprint density at radius 2 is 2.09 bits per heavy atom. The highest BCUT2D eigenvalue weighted by Crippen LogP contribution is 2.39. The van der Waals surface area contributed by atoms with E-state index in [-0.39, 0.29) is 11.9 Å². The largest absolute Gasteiger partial charge is 0.450 e. The quantitative estimate of drug-likeness (QED) is 0.592. The van der Waals surface area contributed by atoms with Gasteiger partial charge in [-0.2, -0.15) is 0 Å². The maximum Gasteiger partial charge on any atom is 0.407 e. The summed E-state index contributed by atoms with van der Waals surface area (Å²) in [6.07, 6.45) is 7.96. The molecular formula is C25H35N5O3. The van der Waals surface area contributed by atoms with Crippen LogP contribution in [0.4, 0.5) is 10.5 Å². The van der Waals surface area contributed by atoms with Crippen molar-refractivity contribution in [1.29, 1.82) is 0 Å². The van der Waals surface area contributed by atoms with Crippen molar-refractivity contribution in [3.63, 3.8) is 0 Å². The van der Waals surface area contributed by atoms with Crippen LogP contribution < -0.4 is 15.5 Å². The number of alkyl carbamates (subject to hydrolysis) is 1. The first-order chi connectivity index (χ1) is 15.9. The number of nitrogens with one attached hydrogen (secondary N) is 2. The van der Waals surface area contributed by atoms with E-state index in [2.05, 4.69) is 45.4 Å². The Morgan fingerprint density at radius 3 is 2.85 bits per heavy atom. The molecule has 0 unspecified atom stereocenters. The summed E-state index contributed by atoms with van der Waals surface area (Å²) in [5.74, 6) is 0.410. The lowest BCUT2D eigenvalue weighted by molar-refractivity contribution is -0.122. The number of nitrogens with zero attached hydrogens (tertiary/aromatic N) is 3. The van der Waals surface area contributed by atoms with Crippen molar-refractivity contribution in [3.8, 4) is 0 Å². The monoisotopic (exact) mass is 453 g/mol. The van der Waals surface area contributed by atoms with Crippen molar-refractivity contribution in [2.24, 2.45) is 5.92 Å². The molecule has 178 valence electrons. The van der Waals surface area contributed by atoms with Gasteiger partial charge in [-0.25, -0.2) is 4.79 Å². The molecule has 1 saturated carbocycles. The highest BCUT2D eigenvalue weighted by atomic mass is 16.5. The summed E-state index contributed by atoms with van der Waals surface area (Å²) < 4.78 is 5.21. The molecule has 1 aliphatic carbocycles. The molecule has 33 heavy (non-hydrogen) atoms. The molecule has 2 fully saturated rings. The van der Waals surface area contributed by atoms with Gasteiger partial charge in [-0.05, 0) is 50.7 Å². The maximum absolute atomic E-state index is 12.9. The number of piperidine rings is 1. The van der Waals surface area contributed by atoms with E-state index in [0.29, 0.717) is 18.9 Å². The predicted molar refractivity (Wildman–Crippen MR) is 128 cm³/mol. The highest BCUT2D eigenvalue weighted by molar-refractivity contribution is 5.92. The lowest BCUT2D eigenvalue weighted by Crippen LogP contribution is -2.52. The number of carbonyl (C=O) groups excluding carboxylic acids is 2. The molecule has 0 spiro atoms. The van der Waals surface area contributed by atoms with E-state index in [0.717, 1.165) is 67.5 Å². The highest BCUT2D eigenvalue weighted by Gasteiger charge is 2.46. The minimum absolute atomic E-state index is 0.0195. The molecule has 0 bridgehead atoms. The fourth-order valence-electron chi connectivity index (χ4n) is 4.74. The van der Waals surface area contributed by atoms with Gasteiger partial charge in [-0.3, -0.25) is 14.8 Å². The normalized spacial score (nSPS) is 21.5. The van der Waals surface area contributed by atoms with E-state index in [4.69, 9.17) is 4.74 Å². The minimum Gasteiger partial charge on any atom is -0.450 e. The number of fused-ring (bicyclic) bond motifs is 1. The zero-order valence-corrected chi connectivity index (χ0v) is 19.9. The number of aromatic nitrogens is 2. The Hall–Kier alpha value is -2.90. The zero-order valence-electron chi connectivity index (χ0n) is 19.9. The van der Waals surface area contributed by atoms with Crippen molar-refractivity contribution in [1.82, 2.24) is 20.6 Å². The third kappa shape index (κ3) is 5.72. The average Bonchev–Trinajstić information content (AvgIpc) is 3.52. The summed E-state index contributed by atoms with van der Waals surface area (Å²) in [6, 6.07) is 4.08. The van der Waals surface area contributed by atoms with Gasteiger partial charge in [0.2, 0.25) is 5.91 Å². The first kappa shape index (κ1) is 23.3. The molecule has 2 aromatic rings. The minimum atomic E-state index is -0.448. The molecule has 2 aromatic heterocycles. The topological polar surface area (TPSA) is 96.4 Å². The van der Waals surface area contributed by atoms with Gasteiger partial charge in [0.05, 0.1) is 35.2 Å². The van der Waals surface area contributed by atoms with E-state index < -0.39 is 11.6 Å². The van der Waals surface area contributed by atoms with Crippen molar-refractivity contribution >= 4 is 28.6 Å². The smallest absolute Gasteiger partial charge is 0.407 e. The molecule has 1 saturated heterocycles. The molecule has 2 amide bonds. The van der Waals surface area contributed by atoms with E-state index in [1.165, 1.54) is 0 Å². The van der Waals surface area contributed by atoms with Gasteiger partial charge in [0.25, 0.3) is 0 Å². The van der Waals surface area contributed by atoms with Crippen LogP contribution in [0.5, 0.6) is 0 Å². The van der Waals surface area contributed by atoms with Crippen LogP contribution in [0.25, 0.3) is 10.9 Å². The molecule has 2 aliphatic rings. The number of aryl methyl sites for hydroxylation is 1. The number of anilines is 1. The summed E-state index contributed by atoms with van der Waals surface area (Å²) >= 11 is 0. The van der Waals surface area contributed by atoms with Crippen LogP contribution >= 0.6 is 0 Å². The van der Waals surface area contributed by atoms with Gasteiger partial charge in [-0.1, -0.05) is 20.3 Å². The van der Waals surface area contributed by atoms with Crippen LogP contribution in [0.2, 0.25) is 0 Å². The van der Waals surface area contributed by atoms with Gasteiger partial charge in [0, 0.05) is 37.1 Å². The maximum atomic E-state index is 12.9. The van der Waals surface area contributed by atoms with Gasteiger partial charge >= 0.3 is 6.09 Å². The molecule has 8 heteroatoms. The standard InChI is InChI=1S/C25H35N5O3/c1-4-5-11-33-24(32)29-25(8-9-25)13-22(31)28-19-12-17(2)15-30(16-19)21-14-27-18(3)23-20(21)7-6-10-26-23/h6-7,10,14,17,19H,4-5,8-9,11-13,15-16H2,1-3H3,(H,28,31)(H,29,32)/t17-,19+/m0/s1. The lowest BCUT2D eigenvalue weighted by Gasteiger charge is -2.38. The fraction of sp³-hybridized carbons (Fsp3) is 0.600. The van der Waals surface area contributed by atoms with E-state index in [9.17, 15) is 9.59 Å². The Morgan fingerprint density at radius 1 is 1.27 bits per heavy atom. The molecule has 2 N–H and O–H groups in total. The number of amides is 2. The van der Waals surface area contributed by atoms with Crippen molar-refractivity contribution < 1.29 is 14.3 Å². The van der Waals surface area contributed by atoms with Crippen LogP contribution in [-0.4, -0.2) is 53.2 Å². The van der Waals surface area contributed by atoms with Gasteiger partial charge in [-0.15, -0.1) is 0 Å². The molecule has 1 aliphatic heterocycles. The zero-order chi connectivity index (χ0) is 23.4. The first-order valence-electron chi connectivity index (χ1n) is 12.1. The van der Waals surface area contributed by atoms with E-state index in [1.54, 1.807) is 6.20 Å². The number of rotatable bonds is 8. The number of ether oxygens (including phenoxy) is 1. The summed E-state index contributed by atoms with van der Waals surface area (Å²) in [5.41, 5.74) is 2.45. The third-order valence-electron chi connectivity index (χ3n) is 6.62. The number of carbonyl (C=O) groups is 2. The number of hydrogen-bond donors (Lipinski definition) is 2. The van der Waals surface area contributed by atoms with Crippen LogP contribution in [0.3, 0.4) is 0 Å². The molecule has 0 aromatic carbocycles. The van der Waals surface area contributed by atoms with Gasteiger partial charge in [0.1, 0.15) is 0 Å². The third-order valence-corrected chi connectivity index (χ3v) is 6.62. The van der Waals surface area contributed by atoms with Crippen LogP contribution in [0.15, 0.2) is 24.5 Å². The first-order valence-corrected chi connectivity index (χ1v) is 12.1.